The van der Waals surface area contributed by atoms with E-state index in [1.807, 2.05) is 36.4 Å². The van der Waals surface area contributed by atoms with Crippen LogP contribution >= 0.6 is 24.0 Å². The van der Waals surface area contributed by atoms with Crippen molar-refractivity contribution in [2.24, 2.45) is 0 Å². The predicted molar refractivity (Wildman–Crippen MR) is 114 cm³/mol. The van der Waals surface area contributed by atoms with Crippen LogP contribution in [0.5, 0.6) is 11.5 Å². The minimum atomic E-state index is -0.144. The summed E-state index contributed by atoms with van der Waals surface area (Å²) in [6.07, 6.45) is 2.62. The summed E-state index contributed by atoms with van der Waals surface area (Å²) in [4.78, 5) is 12.3. The Bertz CT molecular complexity index is 875. The summed E-state index contributed by atoms with van der Waals surface area (Å²) in [6, 6.07) is 13.7. The zero-order chi connectivity index (χ0) is 19.2. The number of carbonyl (C=O) groups is 1. The molecule has 0 radical (unpaired) electrons. The van der Waals surface area contributed by atoms with E-state index in [2.05, 4.69) is 31.3 Å². The first-order valence-electron chi connectivity index (χ1n) is 8.69. The lowest BCUT2D eigenvalue weighted by Gasteiger charge is -2.09. The standard InChI is InChI=1S/C21H21NO3S2/c1-14-4-7-18(12-15(14)2)25-11-3-10-24-17-8-5-16(6-9-17)13-19-20(23)22-21(26)27-19/h4-9,12-13H,3,10-11H2,1-2H3,(H,22,23,26)/b19-13+. The Kier molecular flexibility index (Phi) is 6.53. The molecule has 0 bridgehead atoms. The third-order valence-corrected chi connectivity index (χ3v) is 5.29. The Hall–Kier alpha value is -2.31. The monoisotopic (exact) mass is 399 g/mol. The molecule has 1 fully saturated rings. The molecule has 1 saturated heterocycles. The van der Waals surface area contributed by atoms with Gasteiger partial charge in [-0.3, -0.25) is 4.79 Å². The van der Waals surface area contributed by atoms with Crippen molar-refractivity contribution in [1.29, 1.82) is 0 Å². The van der Waals surface area contributed by atoms with Crippen molar-refractivity contribution in [2.75, 3.05) is 13.2 Å². The van der Waals surface area contributed by atoms with Gasteiger partial charge < -0.3 is 14.8 Å². The van der Waals surface area contributed by atoms with E-state index in [4.69, 9.17) is 21.7 Å². The van der Waals surface area contributed by atoms with Crippen LogP contribution in [0.4, 0.5) is 0 Å². The smallest absolute Gasteiger partial charge is 0.263 e. The maximum atomic E-state index is 11.7. The van der Waals surface area contributed by atoms with Crippen LogP contribution in [0, 0.1) is 13.8 Å². The first kappa shape index (κ1) is 19.5. The Morgan fingerprint density at radius 3 is 2.30 bits per heavy atom. The third kappa shape index (κ3) is 5.58. The summed E-state index contributed by atoms with van der Waals surface area (Å²) < 4.78 is 12.0. The molecule has 3 rings (SSSR count). The van der Waals surface area contributed by atoms with Crippen molar-refractivity contribution in [2.45, 2.75) is 20.3 Å². The number of amides is 1. The highest BCUT2D eigenvalue weighted by Crippen LogP contribution is 2.26. The molecule has 1 aliphatic rings. The van der Waals surface area contributed by atoms with E-state index in [0.717, 1.165) is 23.5 Å². The zero-order valence-corrected chi connectivity index (χ0v) is 16.9. The molecule has 0 saturated carbocycles. The van der Waals surface area contributed by atoms with Gasteiger partial charge in [-0.05, 0) is 60.9 Å². The number of nitrogens with one attached hydrogen (secondary N) is 1. The van der Waals surface area contributed by atoms with Crippen LogP contribution in [0.3, 0.4) is 0 Å². The summed E-state index contributed by atoms with van der Waals surface area (Å²) in [5.74, 6) is 1.54. The number of carbonyl (C=O) groups excluding carboxylic acids is 1. The number of aryl methyl sites for hydroxylation is 2. The number of thioether (sulfide) groups is 1. The Labute approximate surface area is 168 Å². The molecular weight excluding hydrogens is 378 g/mol. The molecule has 27 heavy (non-hydrogen) atoms. The van der Waals surface area contributed by atoms with Crippen LogP contribution < -0.4 is 14.8 Å². The van der Waals surface area contributed by atoms with E-state index < -0.39 is 0 Å². The normalized spacial score (nSPS) is 15.1. The number of benzene rings is 2. The highest BCUT2D eigenvalue weighted by atomic mass is 32.2. The van der Waals surface area contributed by atoms with Crippen molar-refractivity contribution in [3.8, 4) is 11.5 Å². The van der Waals surface area contributed by atoms with Gasteiger partial charge in [-0.2, -0.15) is 0 Å². The van der Waals surface area contributed by atoms with E-state index in [0.29, 0.717) is 22.4 Å². The molecule has 1 amide bonds. The molecule has 1 N–H and O–H groups in total. The first-order valence-corrected chi connectivity index (χ1v) is 9.91. The van der Waals surface area contributed by atoms with Gasteiger partial charge in [-0.25, -0.2) is 0 Å². The minimum Gasteiger partial charge on any atom is -0.493 e. The second-order valence-corrected chi connectivity index (χ2v) is 7.94. The lowest BCUT2D eigenvalue weighted by molar-refractivity contribution is -0.115. The van der Waals surface area contributed by atoms with E-state index in [-0.39, 0.29) is 5.91 Å². The highest BCUT2D eigenvalue weighted by Gasteiger charge is 2.21. The van der Waals surface area contributed by atoms with Crippen LogP contribution in [0.1, 0.15) is 23.1 Å². The second kappa shape index (κ2) is 9.06. The van der Waals surface area contributed by atoms with Crippen molar-refractivity contribution in [3.63, 3.8) is 0 Å². The summed E-state index contributed by atoms with van der Waals surface area (Å²) in [5.41, 5.74) is 3.43. The van der Waals surface area contributed by atoms with Crippen molar-refractivity contribution in [1.82, 2.24) is 5.32 Å². The molecule has 1 heterocycles. The van der Waals surface area contributed by atoms with Gasteiger partial charge in [0, 0.05) is 6.42 Å². The maximum Gasteiger partial charge on any atom is 0.263 e. The fourth-order valence-electron chi connectivity index (χ4n) is 2.48. The van der Waals surface area contributed by atoms with Crippen molar-refractivity contribution >= 4 is 40.3 Å². The number of rotatable bonds is 7. The number of ether oxygens (including phenoxy) is 2. The highest BCUT2D eigenvalue weighted by molar-refractivity contribution is 8.26. The summed E-state index contributed by atoms with van der Waals surface area (Å²) >= 11 is 6.26. The lowest BCUT2D eigenvalue weighted by atomic mass is 10.1. The molecule has 0 spiro atoms. The van der Waals surface area contributed by atoms with E-state index >= 15 is 0 Å². The first-order chi connectivity index (χ1) is 13.0. The van der Waals surface area contributed by atoms with Gasteiger partial charge in [-0.15, -0.1) is 0 Å². The Balaban J connectivity index is 1.42. The van der Waals surface area contributed by atoms with Gasteiger partial charge in [0.2, 0.25) is 0 Å². The molecule has 0 unspecified atom stereocenters. The van der Waals surface area contributed by atoms with Gasteiger partial charge in [0.05, 0.1) is 18.1 Å². The Morgan fingerprint density at radius 2 is 1.67 bits per heavy atom. The third-order valence-electron chi connectivity index (χ3n) is 4.12. The van der Waals surface area contributed by atoms with Gasteiger partial charge in [-0.1, -0.05) is 42.2 Å². The molecule has 0 aromatic heterocycles. The average Bonchev–Trinajstić information content (AvgIpc) is 2.96. The van der Waals surface area contributed by atoms with Crippen LogP contribution in [0.25, 0.3) is 6.08 Å². The zero-order valence-electron chi connectivity index (χ0n) is 15.3. The Morgan fingerprint density at radius 1 is 1.00 bits per heavy atom. The molecule has 140 valence electrons. The minimum absolute atomic E-state index is 0.144. The lowest BCUT2D eigenvalue weighted by Crippen LogP contribution is -2.17. The maximum absolute atomic E-state index is 11.7. The largest absolute Gasteiger partial charge is 0.493 e. The molecule has 0 atom stereocenters. The summed E-state index contributed by atoms with van der Waals surface area (Å²) in [6.45, 7) is 5.36. The summed E-state index contributed by atoms with van der Waals surface area (Å²) in [7, 11) is 0. The number of thiocarbonyl (C=S) groups is 1. The van der Waals surface area contributed by atoms with Gasteiger partial charge in [0.15, 0.2) is 0 Å². The topological polar surface area (TPSA) is 47.6 Å². The predicted octanol–water partition coefficient (Wildman–Crippen LogP) is 4.64. The van der Waals surface area contributed by atoms with E-state index in [1.54, 1.807) is 0 Å². The van der Waals surface area contributed by atoms with E-state index in [1.165, 1.54) is 22.9 Å². The van der Waals surface area contributed by atoms with Crippen molar-refractivity contribution < 1.29 is 14.3 Å². The molecule has 2 aromatic carbocycles. The number of hydrogen-bond donors (Lipinski definition) is 1. The van der Waals surface area contributed by atoms with Crippen LogP contribution in [-0.4, -0.2) is 23.4 Å². The summed E-state index contributed by atoms with van der Waals surface area (Å²) in [5, 5.41) is 2.61. The van der Waals surface area contributed by atoms with Gasteiger partial charge in [0.1, 0.15) is 15.8 Å². The van der Waals surface area contributed by atoms with Crippen LogP contribution in [0.15, 0.2) is 47.4 Å². The van der Waals surface area contributed by atoms with Crippen molar-refractivity contribution in [3.05, 3.63) is 64.1 Å². The SMILES string of the molecule is Cc1ccc(OCCCOc2ccc(/C=C3/SC(=S)NC3=O)cc2)cc1C. The average molecular weight is 400 g/mol. The van der Waals surface area contributed by atoms with Crippen LogP contribution in [-0.2, 0) is 4.79 Å². The van der Waals surface area contributed by atoms with Gasteiger partial charge >= 0.3 is 0 Å². The molecule has 2 aromatic rings. The molecule has 6 heteroatoms. The number of hydrogen-bond acceptors (Lipinski definition) is 5. The van der Waals surface area contributed by atoms with Crippen LogP contribution in [0.2, 0.25) is 0 Å². The molecule has 4 nitrogen and oxygen atoms in total. The molecule has 0 aliphatic carbocycles. The second-order valence-electron chi connectivity index (χ2n) is 6.22. The fraction of sp³-hybridized carbons (Fsp3) is 0.238. The molecule has 1 aliphatic heterocycles. The fourth-order valence-corrected chi connectivity index (χ4v) is 3.52. The molecular formula is C21H21NO3S2. The van der Waals surface area contributed by atoms with E-state index in [9.17, 15) is 4.79 Å². The quantitative estimate of drug-likeness (QED) is 0.418. The van der Waals surface area contributed by atoms with Gasteiger partial charge in [0.25, 0.3) is 5.91 Å².